The standard InChI is InChI=1S/C20H21F2N3O3S/c1-24-20-6-2-5-17(20)19(23-24)12-25(11-16-4-3-9-28-16)29(26,27)13-14-10-15(21)7-8-18(14)22/h3-4,7-10H,2,5-6,11-13H2,1H3. The molecule has 2 heterocycles. The molecule has 154 valence electrons. The highest BCUT2D eigenvalue weighted by Crippen LogP contribution is 2.27. The Morgan fingerprint density at radius 3 is 2.79 bits per heavy atom. The summed E-state index contributed by atoms with van der Waals surface area (Å²) in [5.41, 5.74) is 2.67. The van der Waals surface area contributed by atoms with Gasteiger partial charge in [0.2, 0.25) is 10.0 Å². The van der Waals surface area contributed by atoms with Gasteiger partial charge in [-0.1, -0.05) is 0 Å². The van der Waals surface area contributed by atoms with E-state index in [1.807, 2.05) is 7.05 Å². The van der Waals surface area contributed by atoms with Crippen LogP contribution in [0.5, 0.6) is 0 Å². The quantitative estimate of drug-likeness (QED) is 0.587. The fraction of sp³-hybridized carbons (Fsp3) is 0.350. The molecule has 0 radical (unpaired) electrons. The number of hydrogen-bond acceptors (Lipinski definition) is 4. The first-order valence-electron chi connectivity index (χ1n) is 9.31. The first-order valence-corrected chi connectivity index (χ1v) is 10.9. The summed E-state index contributed by atoms with van der Waals surface area (Å²) in [6.45, 7) is 0.0285. The van der Waals surface area contributed by atoms with Crippen LogP contribution in [0.25, 0.3) is 0 Å². The second kappa shape index (κ2) is 7.72. The minimum atomic E-state index is -3.98. The van der Waals surface area contributed by atoms with Crippen LogP contribution in [0.2, 0.25) is 0 Å². The Morgan fingerprint density at radius 2 is 2.03 bits per heavy atom. The van der Waals surface area contributed by atoms with Crippen LogP contribution in [0, 0.1) is 11.6 Å². The molecular weight excluding hydrogens is 400 g/mol. The lowest BCUT2D eigenvalue weighted by atomic mass is 10.2. The number of rotatable bonds is 7. The van der Waals surface area contributed by atoms with Crippen molar-refractivity contribution in [2.24, 2.45) is 7.05 Å². The number of hydrogen-bond donors (Lipinski definition) is 0. The van der Waals surface area contributed by atoms with Gasteiger partial charge in [-0.25, -0.2) is 17.2 Å². The average Bonchev–Trinajstić information content (AvgIpc) is 3.38. The number of fused-ring (bicyclic) bond motifs is 1. The third-order valence-corrected chi connectivity index (χ3v) is 6.90. The fourth-order valence-electron chi connectivity index (χ4n) is 3.76. The first-order chi connectivity index (χ1) is 13.8. The molecule has 0 bridgehead atoms. The summed E-state index contributed by atoms with van der Waals surface area (Å²) in [4.78, 5) is 0. The lowest BCUT2D eigenvalue weighted by molar-refractivity contribution is 0.353. The van der Waals surface area contributed by atoms with Crippen LogP contribution < -0.4 is 0 Å². The van der Waals surface area contributed by atoms with Crippen molar-refractivity contribution in [3.05, 3.63) is 76.5 Å². The van der Waals surface area contributed by atoms with Gasteiger partial charge >= 0.3 is 0 Å². The van der Waals surface area contributed by atoms with Gasteiger partial charge in [-0.05, 0) is 55.2 Å². The molecule has 29 heavy (non-hydrogen) atoms. The molecule has 0 aliphatic heterocycles. The molecule has 0 N–H and O–H groups in total. The molecule has 6 nitrogen and oxygen atoms in total. The van der Waals surface area contributed by atoms with E-state index in [9.17, 15) is 17.2 Å². The van der Waals surface area contributed by atoms with Gasteiger partial charge in [-0.15, -0.1) is 0 Å². The minimum Gasteiger partial charge on any atom is -0.468 e. The van der Waals surface area contributed by atoms with Crippen molar-refractivity contribution in [2.45, 2.75) is 38.1 Å². The number of furan rings is 1. The van der Waals surface area contributed by atoms with Crippen LogP contribution in [0.4, 0.5) is 8.78 Å². The van der Waals surface area contributed by atoms with E-state index in [1.165, 1.54) is 10.6 Å². The smallest absolute Gasteiger partial charge is 0.219 e. The van der Waals surface area contributed by atoms with Gasteiger partial charge < -0.3 is 4.42 Å². The Hall–Kier alpha value is -2.52. The normalized spacial score (nSPS) is 13.9. The Labute approximate surface area is 167 Å². The zero-order chi connectivity index (χ0) is 20.6. The molecule has 0 unspecified atom stereocenters. The van der Waals surface area contributed by atoms with Crippen LogP contribution in [0.1, 0.15) is 34.7 Å². The molecule has 1 aliphatic rings. The van der Waals surface area contributed by atoms with Crippen molar-refractivity contribution >= 4 is 10.0 Å². The Morgan fingerprint density at radius 1 is 1.21 bits per heavy atom. The van der Waals surface area contributed by atoms with Crippen molar-refractivity contribution in [3.63, 3.8) is 0 Å². The SMILES string of the molecule is Cn1nc(CN(Cc2ccco2)S(=O)(=O)Cc2cc(F)ccc2F)c2c1CCC2. The molecule has 0 saturated carbocycles. The Kier molecular flexibility index (Phi) is 5.26. The van der Waals surface area contributed by atoms with Gasteiger partial charge in [0, 0.05) is 18.3 Å². The third kappa shape index (κ3) is 4.11. The number of nitrogens with zero attached hydrogens (tertiary/aromatic N) is 3. The van der Waals surface area contributed by atoms with Crippen LogP contribution in [-0.2, 0) is 48.8 Å². The summed E-state index contributed by atoms with van der Waals surface area (Å²) in [7, 11) is -2.13. The Balaban J connectivity index is 1.66. The van der Waals surface area contributed by atoms with E-state index in [2.05, 4.69) is 5.10 Å². The lowest BCUT2D eigenvalue weighted by Gasteiger charge is -2.21. The topological polar surface area (TPSA) is 68.3 Å². The lowest BCUT2D eigenvalue weighted by Crippen LogP contribution is -2.32. The fourth-order valence-corrected chi connectivity index (χ4v) is 5.20. The maximum absolute atomic E-state index is 14.1. The summed E-state index contributed by atoms with van der Waals surface area (Å²) < 4.78 is 62.3. The highest BCUT2D eigenvalue weighted by atomic mass is 32.2. The second-order valence-electron chi connectivity index (χ2n) is 7.19. The van der Waals surface area contributed by atoms with Crippen molar-refractivity contribution < 1.29 is 21.6 Å². The highest BCUT2D eigenvalue weighted by Gasteiger charge is 2.29. The number of halogens is 2. The maximum atomic E-state index is 14.1. The predicted octanol–water partition coefficient (Wildman–Crippen LogP) is 3.31. The highest BCUT2D eigenvalue weighted by molar-refractivity contribution is 7.88. The predicted molar refractivity (Wildman–Crippen MR) is 102 cm³/mol. The monoisotopic (exact) mass is 421 g/mol. The van der Waals surface area contributed by atoms with Crippen molar-refractivity contribution in [3.8, 4) is 0 Å². The molecule has 2 aromatic heterocycles. The van der Waals surface area contributed by atoms with Gasteiger partial charge in [0.15, 0.2) is 0 Å². The van der Waals surface area contributed by atoms with Crippen LogP contribution in [-0.4, -0.2) is 22.5 Å². The summed E-state index contributed by atoms with van der Waals surface area (Å²) in [5.74, 6) is -1.63. The van der Waals surface area contributed by atoms with E-state index in [1.54, 1.807) is 16.8 Å². The van der Waals surface area contributed by atoms with Gasteiger partial charge in [0.05, 0.1) is 30.8 Å². The largest absolute Gasteiger partial charge is 0.468 e. The molecule has 1 aromatic carbocycles. The van der Waals surface area contributed by atoms with Crippen LogP contribution >= 0.6 is 0 Å². The number of sulfonamides is 1. The van der Waals surface area contributed by atoms with E-state index >= 15 is 0 Å². The van der Waals surface area contributed by atoms with E-state index in [-0.39, 0.29) is 18.7 Å². The molecule has 0 atom stereocenters. The van der Waals surface area contributed by atoms with Gasteiger partial charge in [0.1, 0.15) is 17.4 Å². The molecule has 4 rings (SSSR count). The second-order valence-corrected chi connectivity index (χ2v) is 9.16. The minimum absolute atomic E-state index is 0.0163. The van der Waals surface area contributed by atoms with Crippen molar-refractivity contribution in [2.75, 3.05) is 0 Å². The number of aromatic nitrogens is 2. The Bertz CT molecular complexity index is 1120. The molecule has 3 aromatic rings. The summed E-state index contributed by atoms with van der Waals surface area (Å²) in [5, 5.41) is 4.50. The molecule has 0 saturated heterocycles. The molecule has 0 spiro atoms. The molecule has 0 fully saturated rings. The summed E-state index contributed by atoms with van der Waals surface area (Å²) in [6, 6.07) is 6.15. The van der Waals surface area contributed by atoms with E-state index < -0.39 is 27.4 Å². The van der Waals surface area contributed by atoms with E-state index in [0.29, 0.717) is 11.5 Å². The zero-order valence-corrected chi connectivity index (χ0v) is 16.8. The first kappa shape index (κ1) is 19.8. The third-order valence-electron chi connectivity index (χ3n) is 5.18. The number of benzene rings is 1. The number of aryl methyl sites for hydroxylation is 1. The molecule has 1 aliphatic carbocycles. The van der Waals surface area contributed by atoms with Gasteiger partial charge in [0.25, 0.3) is 0 Å². The van der Waals surface area contributed by atoms with Crippen molar-refractivity contribution in [1.29, 1.82) is 0 Å². The summed E-state index contributed by atoms with van der Waals surface area (Å²) >= 11 is 0. The molecular formula is C20H21F2N3O3S. The molecule has 9 heteroatoms. The zero-order valence-electron chi connectivity index (χ0n) is 15.9. The van der Waals surface area contributed by atoms with E-state index in [0.717, 1.165) is 48.7 Å². The van der Waals surface area contributed by atoms with E-state index in [4.69, 9.17) is 4.42 Å². The van der Waals surface area contributed by atoms with Gasteiger partial charge in [-0.3, -0.25) is 4.68 Å². The molecule has 0 amide bonds. The maximum Gasteiger partial charge on any atom is 0.219 e. The average molecular weight is 421 g/mol. The van der Waals surface area contributed by atoms with Gasteiger partial charge in [-0.2, -0.15) is 9.40 Å². The van der Waals surface area contributed by atoms with Crippen LogP contribution in [0.3, 0.4) is 0 Å². The summed E-state index contributed by atoms with van der Waals surface area (Å²) in [6.07, 6.45) is 4.24. The van der Waals surface area contributed by atoms with Crippen molar-refractivity contribution in [1.82, 2.24) is 14.1 Å². The van der Waals surface area contributed by atoms with Crippen LogP contribution in [0.15, 0.2) is 41.0 Å².